The van der Waals surface area contributed by atoms with Crippen LogP contribution in [0.3, 0.4) is 0 Å². The maximum atomic E-state index is 13.7. The normalized spacial score (nSPS) is 18.1. The van der Waals surface area contributed by atoms with E-state index in [2.05, 4.69) is 10.1 Å². The van der Waals surface area contributed by atoms with E-state index in [-0.39, 0.29) is 17.7 Å². The molecule has 0 radical (unpaired) electrons. The number of nitrogens with one attached hydrogen (secondary N) is 2. The third-order valence-electron chi connectivity index (χ3n) is 3.71. The molecule has 2 N–H and O–H groups in total. The van der Waals surface area contributed by atoms with Gasteiger partial charge in [-0.3, -0.25) is 4.79 Å². The minimum atomic E-state index is -0.916. The summed E-state index contributed by atoms with van der Waals surface area (Å²) < 4.78 is 33.5. The smallest absolute Gasteiger partial charge is 0.266 e. The molecule has 108 valence electrons. The Labute approximate surface area is 120 Å². The number of thiophene rings is 1. The van der Waals surface area contributed by atoms with Gasteiger partial charge in [-0.05, 0) is 11.4 Å². The van der Waals surface area contributed by atoms with Crippen LogP contribution in [-0.2, 0) is 11.3 Å². The lowest BCUT2D eigenvalue weighted by atomic mass is 9.92. The van der Waals surface area contributed by atoms with Crippen LogP contribution in [-0.4, -0.2) is 21.8 Å². The molecule has 21 heavy (non-hydrogen) atoms. The average Bonchev–Trinajstić information content (AvgIpc) is 3.07. The van der Waals surface area contributed by atoms with E-state index in [0.717, 1.165) is 10.9 Å². The van der Waals surface area contributed by atoms with Crippen molar-refractivity contribution < 1.29 is 13.5 Å². The van der Waals surface area contributed by atoms with Crippen molar-refractivity contribution in [2.75, 3.05) is 6.61 Å². The zero-order chi connectivity index (χ0) is 14.6. The maximum Gasteiger partial charge on any atom is 0.266 e. The fourth-order valence-corrected chi connectivity index (χ4v) is 3.59. The van der Waals surface area contributed by atoms with Crippen LogP contribution in [0.25, 0.3) is 10.1 Å². The first-order valence-corrected chi connectivity index (χ1v) is 7.14. The quantitative estimate of drug-likeness (QED) is 0.724. The summed E-state index contributed by atoms with van der Waals surface area (Å²) in [5.41, 5.74) is 0.801. The summed E-state index contributed by atoms with van der Waals surface area (Å²) in [6.45, 7) is 0.392. The molecule has 4 rings (SSSR count). The highest BCUT2D eigenvalue weighted by Gasteiger charge is 2.32. The third kappa shape index (κ3) is 1.76. The Morgan fingerprint density at radius 1 is 1.43 bits per heavy atom. The first-order chi connectivity index (χ1) is 10.2. The number of aromatic nitrogens is 3. The van der Waals surface area contributed by atoms with Crippen molar-refractivity contribution in [3.8, 4) is 0 Å². The van der Waals surface area contributed by atoms with Crippen LogP contribution in [0.2, 0.25) is 0 Å². The van der Waals surface area contributed by atoms with Gasteiger partial charge in [0.1, 0.15) is 0 Å². The highest BCUT2D eigenvalue weighted by atomic mass is 32.1. The number of H-pyrrole nitrogens is 2. The number of fused-ring (bicyclic) bond motifs is 3. The first-order valence-electron chi connectivity index (χ1n) is 6.26. The molecule has 0 saturated heterocycles. The van der Waals surface area contributed by atoms with Gasteiger partial charge in [0.05, 0.1) is 29.4 Å². The van der Waals surface area contributed by atoms with Gasteiger partial charge in [0.15, 0.2) is 0 Å². The van der Waals surface area contributed by atoms with E-state index in [1.807, 2.05) is 16.5 Å². The summed E-state index contributed by atoms with van der Waals surface area (Å²) in [4.78, 5) is 14.8. The average molecular weight is 309 g/mol. The molecule has 0 bridgehead atoms. The Kier molecular flexibility index (Phi) is 2.69. The van der Waals surface area contributed by atoms with Gasteiger partial charge in [-0.1, -0.05) is 0 Å². The lowest BCUT2D eigenvalue weighted by Gasteiger charge is -2.25. The van der Waals surface area contributed by atoms with E-state index in [9.17, 15) is 13.6 Å². The zero-order valence-corrected chi connectivity index (χ0v) is 11.4. The van der Waals surface area contributed by atoms with Crippen LogP contribution in [0.5, 0.6) is 0 Å². The Morgan fingerprint density at radius 3 is 3.05 bits per heavy atom. The largest absolute Gasteiger partial charge is 0.376 e. The number of aromatic amines is 2. The summed E-state index contributed by atoms with van der Waals surface area (Å²) in [7, 11) is 0. The van der Waals surface area contributed by atoms with Crippen LogP contribution < -0.4 is 5.56 Å². The van der Waals surface area contributed by atoms with Crippen molar-refractivity contribution in [1.29, 1.82) is 0 Å². The molecule has 0 amide bonds. The predicted molar refractivity (Wildman–Crippen MR) is 72.4 cm³/mol. The third-order valence-corrected chi connectivity index (χ3v) is 4.62. The van der Waals surface area contributed by atoms with Crippen LogP contribution in [0.1, 0.15) is 22.7 Å². The van der Waals surface area contributed by atoms with Crippen molar-refractivity contribution in [3.05, 3.63) is 50.5 Å². The predicted octanol–water partition coefficient (Wildman–Crippen LogP) is 2.25. The Bertz CT molecular complexity index is 879. The molecule has 3 aromatic heterocycles. The molecular weight excluding hydrogens is 300 g/mol. The Balaban J connectivity index is 2.00. The number of nitrogens with zero attached hydrogens (tertiary/aromatic N) is 1. The molecule has 5 nitrogen and oxygen atoms in total. The van der Waals surface area contributed by atoms with E-state index >= 15 is 0 Å². The lowest BCUT2D eigenvalue weighted by Crippen LogP contribution is -2.24. The first kappa shape index (κ1) is 12.7. The van der Waals surface area contributed by atoms with Gasteiger partial charge in [-0.2, -0.15) is 8.78 Å². The second-order valence-corrected chi connectivity index (χ2v) is 5.74. The second kappa shape index (κ2) is 4.47. The van der Waals surface area contributed by atoms with Gasteiger partial charge in [-0.25, -0.2) is 5.10 Å². The number of hydrogen-bond acceptors (Lipinski definition) is 4. The van der Waals surface area contributed by atoms with Crippen molar-refractivity contribution in [2.45, 2.75) is 12.5 Å². The molecule has 0 saturated carbocycles. The zero-order valence-electron chi connectivity index (χ0n) is 10.6. The van der Waals surface area contributed by atoms with Gasteiger partial charge in [-0.15, -0.1) is 16.4 Å². The molecule has 0 spiro atoms. The van der Waals surface area contributed by atoms with Gasteiger partial charge in [0.25, 0.3) is 5.56 Å². The fourth-order valence-electron chi connectivity index (χ4n) is 2.77. The van der Waals surface area contributed by atoms with Crippen molar-refractivity contribution in [1.82, 2.24) is 15.2 Å². The van der Waals surface area contributed by atoms with Gasteiger partial charge >= 0.3 is 0 Å². The monoisotopic (exact) mass is 309 g/mol. The second-order valence-electron chi connectivity index (χ2n) is 4.82. The van der Waals surface area contributed by atoms with Gasteiger partial charge in [0.2, 0.25) is 11.9 Å². The minimum absolute atomic E-state index is 0.0892. The molecule has 8 heteroatoms. The van der Waals surface area contributed by atoms with E-state index < -0.39 is 17.8 Å². The number of ether oxygens (including phenoxy) is 1. The topological polar surface area (TPSA) is 70.8 Å². The van der Waals surface area contributed by atoms with Crippen LogP contribution in [0.15, 0.2) is 16.2 Å². The molecule has 3 aromatic rings. The number of halogens is 2. The fraction of sp³-hybridized carbons (Fsp3) is 0.231. The van der Waals surface area contributed by atoms with E-state index in [0.29, 0.717) is 17.0 Å². The highest BCUT2D eigenvalue weighted by Crippen LogP contribution is 2.36. The lowest BCUT2D eigenvalue weighted by molar-refractivity contribution is 0.0970. The van der Waals surface area contributed by atoms with Crippen LogP contribution in [0, 0.1) is 11.9 Å². The maximum absolute atomic E-state index is 13.7. The number of rotatable bonds is 1. The molecule has 1 aliphatic rings. The van der Waals surface area contributed by atoms with Crippen LogP contribution in [0.4, 0.5) is 8.78 Å². The summed E-state index contributed by atoms with van der Waals surface area (Å²) in [6, 6.07) is 1.82. The molecule has 0 fully saturated rings. The molecule has 0 aromatic carbocycles. The Morgan fingerprint density at radius 2 is 2.29 bits per heavy atom. The van der Waals surface area contributed by atoms with Gasteiger partial charge in [0, 0.05) is 16.6 Å². The molecular formula is C13H9F2N3O2S. The summed E-state index contributed by atoms with van der Waals surface area (Å²) in [6.07, 6.45) is 0. The number of pyridine rings is 1. The SMILES string of the molecule is O=c1[nH]c2c(c3ccsc13)COCC2c1c(F)n[nH]c1F. The highest BCUT2D eigenvalue weighted by molar-refractivity contribution is 7.17. The van der Waals surface area contributed by atoms with E-state index in [1.165, 1.54) is 11.3 Å². The van der Waals surface area contributed by atoms with Gasteiger partial charge < -0.3 is 9.72 Å². The molecule has 1 aliphatic heterocycles. The molecule has 1 unspecified atom stereocenters. The molecule has 1 atom stereocenters. The van der Waals surface area contributed by atoms with Crippen molar-refractivity contribution in [3.63, 3.8) is 0 Å². The standard InChI is InChI=1S/C13H9F2N3O2S/c14-11-8(12(15)18-17-11)7-4-20-3-6-5-1-2-21-10(5)13(19)16-9(6)7/h1-2,7H,3-4H2,(H,16,19)(H,17,18). The van der Waals surface area contributed by atoms with Crippen molar-refractivity contribution in [2.24, 2.45) is 0 Å². The summed E-state index contributed by atoms with van der Waals surface area (Å²) >= 11 is 1.33. The Hall–Kier alpha value is -2.06. The van der Waals surface area contributed by atoms with E-state index in [4.69, 9.17) is 4.74 Å². The minimum Gasteiger partial charge on any atom is -0.376 e. The van der Waals surface area contributed by atoms with Crippen molar-refractivity contribution >= 4 is 21.4 Å². The summed E-state index contributed by atoms with van der Waals surface area (Å²) in [5.74, 6) is -2.48. The molecule has 4 heterocycles. The van der Waals surface area contributed by atoms with E-state index in [1.54, 1.807) is 0 Å². The number of hydrogen-bond donors (Lipinski definition) is 2. The summed E-state index contributed by atoms with van der Waals surface area (Å²) in [5, 5.41) is 7.78. The van der Waals surface area contributed by atoms with Crippen LogP contribution >= 0.6 is 11.3 Å². The molecule has 0 aliphatic carbocycles.